The summed E-state index contributed by atoms with van der Waals surface area (Å²) in [6, 6.07) is 7.77. The van der Waals surface area contributed by atoms with Gasteiger partial charge in [0.05, 0.1) is 36.1 Å². The molecule has 2 N–H and O–H groups in total. The van der Waals surface area contributed by atoms with Crippen molar-refractivity contribution in [3.8, 4) is 5.75 Å². The fourth-order valence-electron chi connectivity index (χ4n) is 3.56. The van der Waals surface area contributed by atoms with Crippen molar-refractivity contribution in [2.45, 2.75) is 26.9 Å². The number of carbonyl (C=O) groups excluding carboxylic acids is 1. The number of morpholine rings is 1. The van der Waals surface area contributed by atoms with E-state index in [1.54, 1.807) is 6.20 Å². The van der Waals surface area contributed by atoms with Crippen LogP contribution in [0.25, 0.3) is 10.9 Å². The summed E-state index contributed by atoms with van der Waals surface area (Å²) in [5.41, 5.74) is 3.25. The zero-order chi connectivity index (χ0) is 20.4. The number of nitrogens with zero attached hydrogens (tertiary/aromatic N) is 2. The summed E-state index contributed by atoms with van der Waals surface area (Å²) in [5.74, 6) is 1.41. The first-order chi connectivity index (χ1) is 14.0. The molecule has 1 fully saturated rings. The molecule has 0 radical (unpaired) electrons. The lowest BCUT2D eigenvalue weighted by atomic mass is 10.1. The Morgan fingerprint density at radius 2 is 2.03 bits per heavy atom. The van der Waals surface area contributed by atoms with E-state index in [0.717, 1.165) is 27.9 Å². The van der Waals surface area contributed by atoms with Crippen molar-refractivity contribution in [3.05, 3.63) is 47.8 Å². The minimum absolute atomic E-state index is 0.0106. The van der Waals surface area contributed by atoms with Crippen molar-refractivity contribution in [2.75, 3.05) is 31.6 Å². The van der Waals surface area contributed by atoms with E-state index >= 15 is 0 Å². The fourth-order valence-corrected chi connectivity index (χ4v) is 3.56. The molecule has 4 rings (SSSR count). The number of hydrogen-bond acceptors (Lipinski definition) is 5. The van der Waals surface area contributed by atoms with Crippen LogP contribution in [-0.2, 0) is 4.74 Å². The molecule has 1 aliphatic heterocycles. The summed E-state index contributed by atoms with van der Waals surface area (Å²) < 4.78 is 11.3. The Kier molecular flexibility index (Phi) is 5.40. The molecule has 1 aromatic carbocycles. The van der Waals surface area contributed by atoms with Crippen molar-refractivity contribution < 1.29 is 14.3 Å². The Morgan fingerprint density at radius 1 is 1.28 bits per heavy atom. The van der Waals surface area contributed by atoms with Crippen LogP contribution >= 0.6 is 0 Å². The summed E-state index contributed by atoms with van der Waals surface area (Å²) in [5, 5.41) is 4.26. The van der Waals surface area contributed by atoms with Crippen LogP contribution in [0.3, 0.4) is 0 Å². The first kappa shape index (κ1) is 19.3. The predicted octanol–water partition coefficient (Wildman–Crippen LogP) is 3.87. The molecular formula is C22H26N4O3. The van der Waals surface area contributed by atoms with Crippen molar-refractivity contribution >= 4 is 28.3 Å². The molecule has 3 heterocycles. The standard InChI is InChI=1S/C22H26N4O3/c1-14(2)29-18-7-5-4-6-17(18)25-21-20-19(15(3)12-23-20)16(13-24-21)22(27)26-8-10-28-11-9-26/h4-7,12-14,23H,8-11H2,1-3H3,(H,24,25). The van der Waals surface area contributed by atoms with Crippen molar-refractivity contribution in [1.82, 2.24) is 14.9 Å². The molecule has 2 aromatic heterocycles. The van der Waals surface area contributed by atoms with Gasteiger partial charge < -0.3 is 24.7 Å². The van der Waals surface area contributed by atoms with E-state index in [-0.39, 0.29) is 12.0 Å². The molecule has 1 aliphatic rings. The number of para-hydroxylation sites is 2. The van der Waals surface area contributed by atoms with Gasteiger partial charge in [0.15, 0.2) is 5.82 Å². The highest BCUT2D eigenvalue weighted by Gasteiger charge is 2.23. The number of ether oxygens (including phenoxy) is 2. The molecule has 0 aliphatic carbocycles. The van der Waals surface area contributed by atoms with Crippen molar-refractivity contribution in [3.63, 3.8) is 0 Å². The van der Waals surface area contributed by atoms with Gasteiger partial charge >= 0.3 is 0 Å². The zero-order valence-electron chi connectivity index (χ0n) is 17.0. The van der Waals surface area contributed by atoms with Crippen LogP contribution in [0, 0.1) is 6.92 Å². The summed E-state index contributed by atoms with van der Waals surface area (Å²) in [7, 11) is 0. The Bertz CT molecular complexity index is 1020. The van der Waals surface area contributed by atoms with E-state index in [2.05, 4.69) is 15.3 Å². The van der Waals surface area contributed by atoms with E-state index in [1.165, 1.54) is 0 Å². The lowest BCUT2D eigenvalue weighted by Gasteiger charge is -2.27. The number of carbonyl (C=O) groups is 1. The van der Waals surface area contributed by atoms with Gasteiger partial charge in [0.25, 0.3) is 5.91 Å². The third kappa shape index (κ3) is 3.91. The van der Waals surface area contributed by atoms with Gasteiger partial charge in [0.1, 0.15) is 5.75 Å². The Labute approximate surface area is 170 Å². The highest BCUT2D eigenvalue weighted by molar-refractivity contribution is 6.10. The molecule has 0 saturated carbocycles. The van der Waals surface area contributed by atoms with E-state index in [1.807, 2.05) is 56.1 Å². The number of pyridine rings is 1. The molecule has 0 bridgehead atoms. The van der Waals surface area contributed by atoms with E-state index < -0.39 is 0 Å². The normalized spacial score (nSPS) is 14.4. The second-order valence-corrected chi connectivity index (χ2v) is 7.43. The number of amides is 1. The van der Waals surface area contributed by atoms with E-state index in [9.17, 15) is 4.79 Å². The van der Waals surface area contributed by atoms with Crippen LogP contribution in [0.2, 0.25) is 0 Å². The largest absolute Gasteiger partial charge is 0.489 e. The van der Waals surface area contributed by atoms with Gasteiger partial charge in [-0.1, -0.05) is 12.1 Å². The topological polar surface area (TPSA) is 79.5 Å². The minimum atomic E-state index is -0.0106. The molecule has 3 aromatic rings. The van der Waals surface area contributed by atoms with Crippen LogP contribution in [0.4, 0.5) is 11.5 Å². The summed E-state index contributed by atoms with van der Waals surface area (Å²) in [6.07, 6.45) is 3.63. The third-order valence-electron chi connectivity index (χ3n) is 4.94. The number of aryl methyl sites for hydroxylation is 1. The Morgan fingerprint density at radius 3 is 2.79 bits per heavy atom. The summed E-state index contributed by atoms with van der Waals surface area (Å²) in [6.45, 7) is 8.32. The number of aromatic nitrogens is 2. The van der Waals surface area contributed by atoms with Crippen molar-refractivity contribution in [2.24, 2.45) is 0 Å². The Balaban J connectivity index is 1.70. The SMILES string of the molecule is Cc1c[nH]c2c(Nc3ccccc3OC(C)C)ncc(C(=O)N3CCOCC3)c12. The van der Waals surface area contributed by atoms with Crippen LogP contribution in [0.5, 0.6) is 5.75 Å². The summed E-state index contributed by atoms with van der Waals surface area (Å²) >= 11 is 0. The lowest BCUT2D eigenvalue weighted by Crippen LogP contribution is -2.40. The lowest BCUT2D eigenvalue weighted by molar-refractivity contribution is 0.0304. The van der Waals surface area contributed by atoms with Crippen LogP contribution in [0.15, 0.2) is 36.7 Å². The maximum Gasteiger partial charge on any atom is 0.256 e. The van der Waals surface area contributed by atoms with Gasteiger partial charge in [-0.2, -0.15) is 0 Å². The quantitative estimate of drug-likeness (QED) is 0.687. The molecule has 29 heavy (non-hydrogen) atoms. The average Bonchev–Trinajstić information content (AvgIpc) is 3.12. The molecule has 0 atom stereocenters. The van der Waals surface area contributed by atoms with Gasteiger partial charge in [0, 0.05) is 30.9 Å². The first-order valence-corrected chi connectivity index (χ1v) is 9.91. The Hall–Kier alpha value is -3.06. The molecule has 0 spiro atoms. The van der Waals surface area contributed by atoms with Crippen LogP contribution in [-0.4, -0.2) is 53.2 Å². The number of fused-ring (bicyclic) bond motifs is 1. The highest BCUT2D eigenvalue weighted by atomic mass is 16.5. The number of hydrogen-bond donors (Lipinski definition) is 2. The molecule has 7 heteroatoms. The molecule has 0 unspecified atom stereocenters. The van der Waals surface area contributed by atoms with Crippen LogP contribution in [0.1, 0.15) is 29.8 Å². The third-order valence-corrected chi connectivity index (χ3v) is 4.94. The maximum absolute atomic E-state index is 13.1. The monoisotopic (exact) mass is 394 g/mol. The minimum Gasteiger partial charge on any atom is -0.489 e. The molecule has 1 saturated heterocycles. The maximum atomic E-state index is 13.1. The number of nitrogens with one attached hydrogen (secondary N) is 2. The summed E-state index contributed by atoms with van der Waals surface area (Å²) in [4.78, 5) is 22.8. The first-order valence-electron chi connectivity index (χ1n) is 9.91. The van der Waals surface area contributed by atoms with Gasteiger partial charge in [0.2, 0.25) is 0 Å². The van der Waals surface area contributed by atoms with E-state index in [4.69, 9.17) is 9.47 Å². The number of H-pyrrole nitrogens is 1. The van der Waals surface area contributed by atoms with E-state index in [0.29, 0.717) is 37.7 Å². The predicted molar refractivity (Wildman–Crippen MR) is 113 cm³/mol. The number of aromatic amines is 1. The zero-order valence-corrected chi connectivity index (χ0v) is 17.0. The van der Waals surface area contributed by atoms with Crippen LogP contribution < -0.4 is 10.1 Å². The average molecular weight is 394 g/mol. The number of benzene rings is 1. The molecule has 152 valence electrons. The molecule has 1 amide bonds. The second kappa shape index (κ2) is 8.13. The molecular weight excluding hydrogens is 368 g/mol. The fraction of sp³-hybridized carbons (Fsp3) is 0.364. The van der Waals surface area contributed by atoms with Gasteiger partial charge in [-0.05, 0) is 38.5 Å². The van der Waals surface area contributed by atoms with Crippen molar-refractivity contribution in [1.29, 1.82) is 0 Å². The second-order valence-electron chi connectivity index (χ2n) is 7.43. The number of anilines is 2. The highest BCUT2D eigenvalue weighted by Crippen LogP contribution is 2.33. The van der Waals surface area contributed by atoms with Gasteiger partial charge in [-0.25, -0.2) is 4.98 Å². The van der Waals surface area contributed by atoms with Gasteiger partial charge in [-0.15, -0.1) is 0 Å². The number of rotatable bonds is 5. The van der Waals surface area contributed by atoms with Gasteiger partial charge in [-0.3, -0.25) is 4.79 Å². The molecule has 7 nitrogen and oxygen atoms in total. The smallest absolute Gasteiger partial charge is 0.256 e.